The minimum atomic E-state index is -0.299. The van der Waals surface area contributed by atoms with Gasteiger partial charge in [0.25, 0.3) is 0 Å². The minimum absolute atomic E-state index is 0.0684. The van der Waals surface area contributed by atoms with Crippen molar-refractivity contribution in [3.63, 3.8) is 0 Å². The summed E-state index contributed by atoms with van der Waals surface area (Å²) in [4.78, 5) is 13.0. The second-order valence-electron chi connectivity index (χ2n) is 11.3. The molecular formula is C31H48O4. The first-order valence-corrected chi connectivity index (χ1v) is 14.0. The zero-order chi connectivity index (χ0) is 25.2. The van der Waals surface area contributed by atoms with E-state index in [2.05, 4.69) is 52.8 Å². The van der Waals surface area contributed by atoms with Crippen LogP contribution in [-0.4, -0.2) is 36.5 Å². The van der Waals surface area contributed by atoms with Gasteiger partial charge in [-0.25, -0.2) is 0 Å². The van der Waals surface area contributed by atoms with Crippen molar-refractivity contribution in [3.8, 4) is 0 Å². The number of allylic oxidation sites excluding steroid dienone is 6. The highest BCUT2D eigenvalue weighted by Crippen LogP contribution is 2.33. The molecule has 0 radical (unpaired) electrons. The molecule has 0 spiro atoms. The lowest BCUT2D eigenvalue weighted by molar-refractivity contribution is -0.157. The number of rotatable bonds is 4. The van der Waals surface area contributed by atoms with Crippen LogP contribution in [0, 0.1) is 17.8 Å². The summed E-state index contributed by atoms with van der Waals surface area (Å²) in [6.45, 7) is 10.9. The minimum Gasteiger partial charge on any atom is -0.457 e. The molecule has 0 aromatic carbocycles. The van der Waals surface area contributed by atoms with Gasteiger partial charge in [-0.3, -0.25) is 4.79 Å². The van der Waals surface area contributed by atoms with Gasteiger partial charge in [-0.1, -0.05) is 69.7 Å². The second-order valence-corrected chi connectivity index (χ2v) is 11.3. The Kier molecular flexibility index (Phi) is 11.3. The van der Waals surface area contributed by atoms with E-state index in [1.165, 1.54) is 12.0 Å². The van der Waals surface area contributed by atoms with Crippen LogP contribution in [0.4, 0.5) is 0 Å². The molecule has 4 heteroatoms. The molecular weight excluding hydrogens is 436 g/mol. The molecule has 4 bridgehead atoms. The molecule has 0 aromatic heterocycles. The van der Waals surface area contributed by atoms with E-state index in [-0.39, 0.29) is 36.3 Å². The van der Waals surface area contributed by atoms with Gasteiger partial charge in [-0.15, -0.1) is 0 Å². The molecule has 0 N–H and O–H groups in total. The van der Waals surface area contributed by atoms with Crippen molar-refractivity contribution < 1.29 is 19.0 Å². The van der Waals surface area contributed by atoms with Gasteiger partial charge in [0.15, 0.2) is 0 Å². The molecule has 2 saturated heterocycles. The summed E-state index contributed by atoms with van der Waals surface area (Å²) in [6.07, 6.45) is 23.9. The summed E-state index contributed by atoms with van der Waals surface area (Å²) < 4.78 is 19.0. The third kappa shape index (κ3) is 9.73. The molecule has 8 atom stereocenters. The number of ether oxygens (including phenoxy) is 3. The van der Waals surface area contributed by atoms with Crippen LogP contribution in [0.5, 0.6) is 0 Å². The van der Waals surface area contributed by atoms with E-state index >= 15 is 0 Å². The number of carbonyl (C=O) groups is 1. The molecule has 3 aliphatic heterocycles. The van der Waals surface area contributed by atoms with Crippen LogP contribution < -0.4 is 0 Å². The number of hydrogen-bond donors (Lipinski definition) is 0. The predicted molar refractivity (Wildman–Crippen MR) is 143 cm³/mol. The van der Waals surface area contributed by atoms with E-state index in [0.29, 0.717) is 24.4 Å². The Bertz CT molecular complexity index is 779. The van der Waals surface area contributed by atoms with Gasteiger partial charge < -0.3 is 14.2 Å². The van der Waals surface area contributed by atoms with E-state index in [1.54, 1.807) is 0 Å². The number of fused-ring (bicyclic) bond motifs is 4. The summed E-state index contributed by atoms with van der Waals surface area (Å²) in [5.74, 6) is 0.891. The highest BCUT2D eigenvalue weighted by atomic mass is 16.5. The van der Waals surface area contributed by atoms with Crippen LogP contribution in [0.25, 0.3) is 0 Å². The first-order valence-electron chi connectivity index (χ1n) is 14.0. The van der Waals surface area contributed by atoms with Crippen molar-refractivity contribution in [2.24, 2.45) is 17.8 Å². The van der Waals surface area contributed by atoms with Crippen LogP contribution in [-0.2, 0) is 19.0 Å². The summed E-state index contributed by atoms with van der Waals surface area (Å²) in [6, 6.07) is 0. The molecule has 0 aromatic rings. The van der Waals surface area contributed by atoms with E-state index in [9.17, 15) is 4.79 Å². The fourth-order valence-electron chi connectivity index (χ4n) is 5.53. The zero-order valence-corrected chi connectivity index (χ0v) is 22.7. The normalized spacial score (nSPS) is 39.0. The average molecular weight is 485 g/mol. The van der Waals surface area contributed by atoms with Gasteiger partial charge in [-0.2, -0.15) is 0 Å². The number of carbonyl (C=O) groups excluding carboxylic acids is 1. The molecule has 3 rings (SSSR count). The van der Waals surface area contributed by atoms with Crippen LogP contribution in [0.3, 0.4) is 0 Å². The Balaban J connectivity index is 1.76. The van der Waals surface area contributed by atoms with E-state index < -0.39 is 0 Å². The SMILES string of the molecule is CC/C(C)=C/C=C\C=C\C1OC(=O)CC2C[C@H](C)CC(CC3CCC[C@H](C[C@@H](C)/C=C/[C@@H]1C)O3)O2. The number of cyclic esters (lactones) is 1. The first-order chi connectivity index (χ1) is 16.8. The van der Waals surface area contributed by atoms with Crippen molar-refractivity contribution in [2.75, 3.05) is 0 Å². The summed E-state index contributed by atoms with van der Waals surface area (Å²) >= 11 is 0. The van der Waals surface area contributed by atoms with Gasteiger partial charge in [0, 0.05) is 5.92 Å². The van der Waals surface area contributed by atoms with Crippen molar-refractivity contribution in [2.45, 2.75) is 123 Å². The lowest BCUT2D eigenvalue weighted by atomic mass is 9.88. The molecule has 4 unspecified atom stereocenters. The second kappa shape index (κ2) is 14.2. The Hall–Kier alpha value is -1.65. The molecule has 3 aliphatic rings. The Morgan fingerprint density at radius 3 is 2.40 bits per heavy atom. The summed E-state index contributed by atoms with van der Waals surface area (Å²) in [5, 5.41) is 0. The first kappa shape index (κ1) is 27.9. The fraction of sp³-hybridized carbons (Fsp3) is 0.710. The third-order valence-electron chi connectivity index (χ3n) is 7.70. The predicted octanol–water partition coefficient (Wildman–Crippen LogP) is 7.50. The zero-order valence-electron chi connectivity index (χ0n) is 22.7. The lowest BCUT2D eigenvalue weighted by Crippen LogP contribution is -2.38. The van der Waals surface area contributed by atoms with E-state index in [1.807, 2.05) is 24.3 Å². The average Bonchev–Trinajstić information content (AvgIpc) is 2.80. The molecule has 4 nitrogen and oxygen atoms in total. The molecule has 0 aliphatic carbocycles. The largest absolute Gasteiger partial charge is 0.457 e. The Morgan fingerprint density at radius 2 is 1.63 bits per heavy atom. The van der Waals surface area contributed by atoms with E-state index in [0.717, 1.165) is 44.9 Å². The van der Waals surface area contributed by atoms with Gasteiger partial charge in [-0.05, 0) is 76.2 Å². The smallest absolute Gasteiger partial charge is 0.309 e. The van der Waals surface area contributed by atoms with E-state index in [4.69, 9.17) is 14.2 Å². The molecule has 35 heavy (non-hydrogen) atoms. The maximum atomic E-state index is 13.0. The maximum Gasteiger partial charge on any atom is 0.309 e. The maximum absolute atomic E-state index is 13.0. The molecule has 0 amide bonds. The highest BCUT2D eigenvalue weighted by molar-refractivity contribution is 5.70. The summed E-state index contributed by atoms with van der Waals surface area (Å²) in [7, 11) is 0. The topological polar surface area (TPSA) is 44.8 Å². The standard InChI is InChI=1S/C31H48O4/c1-6-22(2)11-8-7-9-14-30-25(5)16-15-23(3)17-26-12-10-13-27(33-26)20-28-18-24(4)19-29(34-28)21-31(32)35-30/h7-9,11,14-16,23-30H,6,10,12-13,17-21H2,1-5H3/b8-7-,14-9+,16-15+,22-11+/t23-,24+,25-,26+,27?,28?,29?,30?/m0/s1. The highest BCUT2D eigenvalue weighted by Gasteiger charge is 2.33. The van der Waals surface area contributed by atoms with Gasteiger partial charge in [0.2, 0.25) is 0 Å². The molecule has 2 fully saturated rings. The fourth-order valence-corrected chi connectivity index (χ4v) is 5.53. The van der Waals surface area contributed by atoms with Crippen LogP contribution in [0.2, 0.25) is 0 Å². The molecule has 3 heterocycles. The van der Waals surface area contributed by atoms with Crippen molar-refractivity contribution >= 4 is 5.97 Å². The Labute approximate surface area is 213 Å². The van der Waals surface area contributed by atoms with Crippen molar-refractivity contribution in [1.29, 1.82) is 0 Å². The number of hydrogen-bond acceptors (Lipinski definition) is 4. The molecule has 0 saturated carbocycles. The molecule has 196 valence electrons. The van der Waals surface area contributed by atoms with Gasteiger partial charge >= 0.3 is 5.97 Å². The van der Waals surface area contributed by atoms with Crippen molar-refractivity contribution in [1.82, 2.24) is 0 Å². The quantitative estimate of drug-likeness (QED) is 0.235. The van der Waals surface area contributed by atoms with Crippen LogP contribution in [0.1, 0.15) is 92.4 Å². The van der Waals surface area contributed by atoms with Gasteiger partial charge in [0.05, 0.1) is 30.8 Å². The van der Waals surface area contributed by atoms with Crippen LogP contribution in [0.15, 0.2) is 48.1 Å². The monoisotopic (exact) mass is 484 g/mol. The third-order valence-corrected chi connectivity index (χ3v) is 7.70. The van der Waals surface area contributed by atoms with Crippen molar-refractivity contribution in [3.05, 3.63) is 48.1 Å². The lowest BCUT2D eigenvalue weighted by Gasteiger charge is -2.38. The number of esters is 1. The summed E-state index contributed by atoms with van der Waals surface area (Å²) in [5.41, 5.74) is 1.34. The van der Waals surface area contributed by atoms with Gasteiger partial charge in [0.1, 0.15) is 6.10 Å². The Morgan fingerprint density at radius 1 is 0.914 bits per heavy atom. The van der Waals surface area contributed by atoms with Crippen LogP contribution >= 0.6 is 0 Å².